The molecule has 0 saturated heterocycles. The van der Waals surface area contributed by atoms with Crippen LogP contribution in [0.3, 0.4) is 0 Å². The third-order valence-electron chi connectivity index (χ3n) is 4.26. The Balaban J connectivity index is 1.53. The monoisotopic (exact) mass is 278 g/mol. The van der Waals surface area contributed by atoms with Gasteiger partial charge in [0.2, 0.25) is 0 Å². The number of rotatable bonds is 4. The Morgan fingerprint density at radius 3 is 2.80 bits per heavy atom. The van der Waals surface area contributed by atoms with Crippen molar-refractivity contribution in [3.63, 3.8) is 0 Å². The third kappa shape index (κ3) is 2.23. The molecular weight excluding hydrogens is 260 g/mol. The van der Waals surface area contributed by atoms with Gasteiger partial charge in [0.25, 0.3) is 0 Å². The van der Waals surface area contributed by atoms with Gasteiger partial charge >= 0.3 is 12.0 Å². The molecule has 1 aromatic heterocycles. The Hall–Kier alpha value is -2.05. The van der Waals surface area contributed by atoms with E-state index >= 15 is 0 Å². The molecule has 1 saturated carbocycles. The van der Waals surface area contributed by atoms with Crippen molar-refractivity contribution >= 4 is 17.8 Å². The molecule has 0 spiro atoms. The van der Waals surface area contributed by atoms with E-state index in [9.17, 15) is 14.7 Å². The summed E-state index contributed by atoms with van der Waals surface area (Å²) >= 11 is 0. The number of amides is 2. The Labute approximate surface area is 116 Å². The zero-order valence-corrected chi connectivity index (χ0v) is 11.2. The molecule has 3 rings (SSSR count). The number of anilines is 1. The molecule has 7 nitrogen and oxygen atoms in total. The second-order valence-electron chi connectivity index (χ2n) is 5.59. The number of carbonyl (C=O) groups excluding carboxylic acids is 1. The molecule has 0 unspecified atom stereocenters. The van der Waals surface area contributed by atoms with Gasteiger partial charge < -0.3 is 10.4 Å². The number of aliphatic carboxylic acids is 1. The maximum atomic E-state index is 11.8. The SMILES string of the molecule is O=C(NCC1(C(=O)O)CCC1)Nc1cc2n(n1)CCC2. The average Bonchev–Trinajstić information content (AvgIpc) is 2.87. The Kier molecular flexibility index (Phi) is 3.11. The summed E-state index contributed by atoms with van der Waals surface area (Å²) in [6, 6.07) is 1.47. The zero-order chi connectivity index (χ0) is 14.2. The van der Waals surface area contributed by atoms with Crippen molar-refractivity contribution in [2.75, 3.05) is 11.9 Å². The smallest absolute Gasteiger partial charge is 0.320 e. The van der Waals surface area contributed by atoms with Crippen molar-refractivity contribution in [3.05, 3.63) is 11.8 Å². The van der Waals surface area contributed by atoms with Crippen LogP contribution in [0.5, 0.6) is 0 Å². The van der Waals surface area contributed by atoms with Crippen molar-refractivity contribution in [2.45, 2.75) is 38.6 Å². The molecule has 1 aliphatic carbocycles. The predicted octanol–water partition coefficient (Wildman–Crippen LogP) is 1.21. The van der Waals surface area contributed by atoms with E-state index in [0.29, 0.717) is 18.7 Å². The highest BCUT2D eigenvalue weighted by Gasteiger charge is 2.44. The summed E-state index contributed by atoms with van der Waals surface area (Å²) in [6.07, 6.45) is 4.24. The molecule has 1 aliphatic heterocycles. The fourth-order valence-electron chi connectivity index (χ4n) is 2.80. The fourth-order valence-corrected chi connectivity index (χ4v) is 2.80. The molecule has 2 aliphatic rings. The third-order valence-corrected chi connectivity index (χ3v) is 4.26. The molecule has 2 amide bonds. The minimum Gasteiger partial charge on any atom is -0.481 e. The minimum absolute atomic E-state index is 0.168. The van der Waals surface area contributed by atoms with Gasteiger partial charge in [0.1, 0.15) is 0 Å². The molecule has 0 radical (unpaired) electrons. The molecule has 20 heavy (non-hydrogen) atoms. The van der Waals surface area contributed by atoms with Gasteiger partial charge in [-0.2, -0.15) is 5.10 Å². The second kappa shape index (κ2) is 4.81. The number of hydrogen-bond donors (Lipinski definition) is 3. The topological polar surface area (TPSA) is 96.3 Å². The van der Waals surface area contributed by atoms with Gasteiger partial charge in [-0.15, -0.1) is 0 Å². The van der Waals surface area contributed by atoms with E-state index in [0.717, 1.165) is 31.5 Å². The number of aryl methyl sites for hydroxylation is 2. The standard InChI is InChI=1S/C13H18N4O3/c18-11(19)13(4-2-5-13)8-14-12(20)15-10-7-9-3-1-6-17(9)16-10/h7H,1-6,8H2,(H,18,19)(H2,14,15,16,20). The summed E-state index contributed by atoms with van der Waals surface area (Å²) < 4.78 is 1.89. The number of hydrogen-bond acceptors (Lipinski definition) is 3. The summed E-state index contributed by atoms with van der Waals surface area (Å²) in [5.41, 5.74) is 0.356. The Bertz CT molecular complexity index is 526. The molecule has 0 atom stereocenters. The van der Waals surface area contributed by atoms with Crippen LogP contribution in [-0.2, 0) is 17.8 Å². The normalized spacial score (nSPS) is 19.0. The van der Waals surface area contributed by atoms with Crippen molar-refractivity contribution < 1.29 is 14.7 Å². The van der Waals surface area contributed by atoms with Crippen LogP contribution in [0.25, 0.3) is 0 Å². The molecule has 0 aromatic carbocycles. The first-order chi connectivity index (χ1) is 9.59. The Morgan fingerprint density at radius 1 is 1.40 bits per heavy atom. The highest BCUT2D eigenvalue weighted by Crippen LogP contribution is 2.40. The summed E-state index contributed by atoms with van der Waals surface area (Å²) in [5, 5.41) is 18.7. The lowest BCUT2D eigenvalue weighted by atomic mass is 9.69. The maximum Gasteiger partial charge on any atom is 0.320 e. The van der Waals surface area contributed by atoms with Crippen molar-refractivity contribution in [1.29, 1.82) is 0 Å². The molecule has 2 heterocycles. The molecule has 1 fully saturated rings. The highest BCUT2D eigenvalue weighted by atomic mass is 16.4. The van der Waals surface area contributed by atoms with Crippen molar-refractivity contribution in [1.82, 2.24) is 15.1 Å². The van der Waals surface area contributed by atoms with Gasteiger partial charge in [-0.05, 0) is 25.7 Å². The first-order valence-corrected chi connectivity index (χ1v) is 6.94. The van der Waals surface area contributed by atoms with Gasteiger partial charge in [0, 0.05) is 24.8 Å². The van der Waals surface area contributed by atoms with Gasteiger partial charge in [-0.25, -0.2) is 4.79 Å². The number of nitrogens with zero attached hydrogens (tertiary/aromatic N) is 2. The number of carbonyl (C=O) groups is 2. The lowest BCUT2D eigenvalue weighted by molar-refractivity contribution is -0.153. The largest absolute Gasteiger partial charge is 0.481 e. The summed E-state index contributed by atoms with van der Waals surface area (Å²) in [7, 11) is 0. The van der Waals surface area contributed by atoms with E-state index in [1.165, 1.54) is 0 Å². The predicted molar refractivity (Wildman–Crippen MR) is 71.5 cm³/mol. The van der Waals surface area contributed by atoms with Crippen LogP contribution in [-0.4, -0.2) is 33.4 Å². The highest BCUT2D eigenvalue weighted by molar-refractivity contribution is 5.89. The average molecular weight is 278 g/mol. The van der Waals surface area contributed by atoms with E-state index in [4.69, 9.17) is 0 Å². The van der Waals surface area contributed by atoms with E-state index in [1.54, 1.807) is 0 Å². The number of urea groups is 1. The van der Waals surface area contributed by atoms with Gasteiger partial charge in [-0.3, -0.25) is 14.8 Å². The lowest BCUT2D eigenvalue weighted by Crippen LogP contribution is -2.48. The van der Waals surface area contributed by atoms with Crippen LogP contribution in [0.15, 0.2) is 6.07 Å². The molecular formula is C13H18N4O3. The van der Waals surface area contributed by atoms with Crippen LogP contribution < -0.4 is 10.6 Å². The van der Waals surface area contributed by atoms with Crippen molar-refractivity contribution in [3.8, 4) is 0 Å². The zero-order valence-electron chi connectivity index (χ0n) is 11.2. The van der Waals surface area contributed by atoms with Gasteiger partial charge in [0.15, 0.2) is 5.82 Å². The minimum atomic E-state index is -0.829. The summed E-state index contributed by atoms with van der Waals surface area (Å²) in [4.78, 5) is 23.0. The quantitative estimate of drug-likeness (QED) is 0.771. The summed E-state index contributed by atoms with van der Waals surface area (Å²) in [6.45, 7) is 1.06. The van der Waals surface area contributed by atoms with E-state index < -0.39 is 17.4 Å². The van der Waals surface area contributed by atoms with Crippen molar-refractivity contribution in [2.24, 2.45) is 5.41 Å². The second-order valence-corrected chi connectivity index (χ2v) is 5.59. The maximum absolute atomic E-state index is 11.8. The molecule has 3 N–H and O–H groups in total. The number of nitrogens with one attached hydrogen (secondary N) is 2. The van der Waals surface area contributed by atoms with E-state index in [-0.39, 0.29) is 6.54 Å². The van der Waals surface area contributed by atoms with E-state index in [1.807, 2.05) is 10.7 Å². The first-order valence-electron chi connectivity index (χ1n) is 6.94. The molecule has 1 aromatic rings. The fraction of sp³-hybridized carbons (Fsp3) is 0.615. The lowest BCUT2D eigenvalue weighted by Gasteiger charge is -2.37. The molecule has 0 bridgehead atoms. The number of fused-ring (bicyclic) bond motifs is 1. The summed E-state index contributed by atoms with van der Waals surface area (Å²) in [5.74, 6) is -0.305. The Morgan fingerprint density at radius 2 is 2.20 bits per heavy atom. The molecule has 108 valence electrons. The van der Waals surface area contributed by atoms with Gasteiger partial charge in [0.05, 0.1) is 5.41 Å². The van der Waals surface area contributed by atoms with Crippen LogP contribution >= 0.6 is 0 Å². The van der Waals surface area contributed by atoms with E-state index in [2.05, 4.69) is 15.7 Å². The van der Waals surface area contributed by atoms with Gasteiger partial charge in [-0.1, -0.05) is 6.42 Å². The number of carboxylic acid groups (broad SMARTS) is 1. The first kappa shape index (κ1) is 13.0. The molecule has 7 heteroatoms. The number of aromatic nitrogens is 2. The van der Waals surface area contributed by atoms with Crippen LogP contribution in [0.2, 0.25) is 0 Å². The van der Waals surface area contributed by atoms with Crippen LogP contribution in [0.4, 0.5) is 10.6 Å². The number of carboxylic acids is 1. The van der Waals surface area contributed by atoms with Crippen LogP contribution in [0.1, 0.15) is 31.4 Å². The van der Waals surface area contributed by atoms with Crippen LogP contribution in [0, 0.1) is 5.41 Å².